The van der Waals surface area contributed by atoms with Crippen LogP contribution in [0.4, 0.5) is 13.2 Å². The second-order valence-corrected chi connectivity index (χ2v) is 6.14. The minimum Gasteiger partial charge on any atom is -0.241 e. The lowest BCUT2D eigenvalue weighted by atomic mass is 10.1. The number of benzene rings is 1. The maximum absolute atomic E-state index is 12.6. The topological polar surface area (TPSA) is 12.9 Å². The first-order chi connectivity index (χ1) is 9.91. The highest BCUT2D eigenvalue weighted by Crippen LogP contribution is 2.33. The van der Waals surface area contributed by atoms with Crippen LogP contribution in [0, 0.1) is 6.92 Å². The van der Waals surface area contributed by atoms with Gasteiger partial charge in [-0.1, -0.05) is 31.9 Å². The Morgan fingerprint density at radius 2 is 1.76 bits per heavy atom. The van der Waals surface area contributed by atoms with E-state index in [1.807, 2.05) is 6.92 Å². The van der Waals surface area contributed by atoms with Crippen molar-refractivity contribution in [3.05, 3.63) is 40.4 Å². The number of hydrogen-bond donors (Lipinski definition) is 0. The summed E-state index contributed by atoms with van der Waals surface area (Å²) in [6.07, 6.45) is 0.198. The summed E-state index contributed by atoms with van der Waals surface area (Å²) in [5.41, 5.74) is 1.12. The Morgan fingerprint density at radius 1 is 1.10 bits per heavy atom. The molecule has 1 heterocycles. The van der Waals surface area contributed by atoms with E-state index in [-0.39, 0.29) is 0 Å². The van der Waals surface area contributed by atoms with Crippen molar-refractivity contribution >= 4 is 11.3 Å². The van der Waals surface area contributed by atoms with Crippen molar-refractivity contribution in [1.82, 2.24) is 4.98 Å². The third-order valence-electron chi connectivity index (χ3n) is 3.36. The van der Waals surface area contributed by atoms with Gasteiger partial charge in [-0.25, -0.2) is 4.98 Å². The molecule has 0 aliphatic rings. The highest BCUT2D eigenvalue weighted by Gasteiger charge is 2.30. The van der Waals surface area contributed by atoms with Crippen LogP contribution in [-0.2, 0) is 12.6 Å². The van der Waals surface area contributed by atoms with Gasteiger partial charge in [0.1, 0.15) is 5.01 Å². The molecule has 2 rings (SSSR count). The largest absolute Gasteiger partial charge is 0.416 e. The zero-order valence-corrected chi connectivity index (χ0v) is 12.9. The van der Waals surface area contributed by atoms with Crippen LogP contribution in [-0.4, -0.2) is 4.98 Å². The molecule has 0 bridgehead atoms. The van der Waals surface area contributed by atoms with Gasteiger partial charge in [0.05, 0.1) is 11.3 Å². The molecule has 0 atom stereocenters. The number of aryl methyl sites for hydroxylation is 2. The first-order valence-corrected chi connectivity index (χ1v) is 7.87. The van der Waals surface area contributed by atoms with E-state index in [0.29, 0.717) is 0 Å². The minimum absolute atomic E-state index is 0.623. The Bertz CT molecular complexity index is 585. The van der Waals surface area contributed by atoms with Gasteiger partial charge in [0.25, 0.3) is 0 Å². The number of aromatic nitrogens is 1. The van der Waals surface area contributed by atoms with Crippen molar-refractivity contribution in [1.29, 1.82) is 0 Å². The molecule has 1 nitrogen and oxygen atoms in total. The van der Waals surface area contributed by atoms with Crippen LogP contribution in [0.5, 0.6) is 0 Å². The summed E-state index contributed by atoms with van der Waals surface area (Å²) in [6.45, 7) is 4.12. The van der Waals surface area contributed by atoms with Crippen molar-refractivity contribution in [3.8, 4) is 10.6 Å². The average molecular weight is 313 g/mol. The summed E-state index contributed by atoms with van der Waals surface area (Å²) in [7, 11) is 0. The van der Waals surface area contributed by atoms with Crippen LogP contribution >= 0.6 is 11.3 Å². The molecular weight excluding hydrogens is 295 g/mol. The maximum Gasteiger partial charge on any atom is 0.416 e. The smallest absolute Gasteiger partial charge is 0.241 e. The lowest BCUT2D eigenvalue weighted by Crippen LogP contribution is -2.03. The summed E-state index contributed by atoms with van der Waals surface area (Å²) in [5, 5.41) is 0.799. The molecule has 0 saturated heterocycles. The number of unbranched alkanes of at least 4 members (excludes halogenated alkanes) is 2. The summed E-state index contributed by atoms with van der Waals surface area (Å²) < 4.78 is 37.7. The first-order valence-electron chi connectivity index (χ1n) is 7.05. The Labute approximate surface area is 126 Å². The van der Waals surface area contributed by atoms with Crippen LogP contribution < -0.4 is 0 Å². The van der Waals surface area contributed by atoms with Crippen molar-refractivity contribution in [3.63, 3.8) is 0 Å². The van der Waals surface area contributed by atoms with Crippen molar-refractivity contribution < 1.29 is 13.2 Å². The van der Waals surface area contributed by atoms with Gasteiger partial charge in [-0.3, -0.25) is 0 Å². The molecule has 0 aliphatic carbocycles. The normalized spacial score (nSPS) is 11.9. The maximum atomic E-state index is 12.6. The fourth-order valence-electron chi connectivity index (χ4n) is 2.12. The van der Waals surface area contributed by atoms with Gasteiger partial charge in [0.15, 0.2) is 0 Å². The van der Waals surface area contributed by atoms with Crippen molar-refractivity contribution in [2.75, 3.05) is 0 Å². The fourth-order valence-corrected chi connectivity index (χ4v) is 3.23. The number of nitrogens with zero attached hydrogens (tertiary/aromatic N) is 1. The quantitative estimate of drug-likeness (QED) is 0.629. The number of halogens is 3. The molecular formula is C16H18F3NS. The zero-order chi connectivity index (χ0) is 15.5. The summed E-state index contributed by atoms with van der Waals surface area (Å²) in [4.78, 5) is 5.72. The zero-order valence-electron chi connectivity index (χ0n) is 12.1. The molecule has 0 fully saturated rings. The van der Waals surface area contributed by atoms with E-state index < -0.39 is 11.7 Å². The van der Waals surface area contributed by atoms with Crippen molar-refractivity contribution in [2.24, 2.45) is 0 Å². The van der Waals surface area contributed by atoms with Crippen LogP contribution in [0.1, 0.15) is 42.3 Å². The second-order valence-electron chi connectivity index (χ2n) is 5.06. The second kappa shape index (κ2) is 6.60. The van der Waals surface area contributed by atoms with Gasteiger partial charge in [0, 0.05) is 10.4 Å². The molecule has 0 saturated carbocycles. The van der Waals surface area contributed by atoms with Gasteiger partial charge in [-0.05, 0) is 31.9 Å². The Hall–Kier alpha value is -1.36. The standard InChI is InChI=1S/C16H18F3NS/c1-3-4-5-6-14-11(2)20-15(21-14)12-7-9-13(10-8-12)16(17,18)19/h7-10H,3-6H2,1-2H3. The third kappa shape index (κ3) is 4.06. The fraction of sp³-hybridized carbons (Fsp3) is 0.438. The number of alkyl halides is 3. The summed E-state index contributed by atoms with van der Waals surface area (Å²) in [5.74, 6) is 0. The predicted molar refractivity (Wildman–Crippen MR) is 80.5 cm³/mol. The van der Waals surface area contributed by atoms with E-state index in [0.717, 1.165) is 41.2 Å². The van der Waals surface area contributed by atoms with Gasteiger partial charge in [-0.15, -0.1) is 11.3 Å². The molecule has 21 heavy (non-hydrogen) atoms. The molecule has 1 aromatic heterocycles. The molecule has 1 aromatic carbocycles. The molecule has 0 spiro atoms. The molecule has 5 heteroatoms. The number of hydrogen-bond acceptors (Lipinski definition) is 2. The highest BCUT2D eigenvalue weighted by molar-refractivity contribution is 7.15. The van der Waals surface area contributed by atoms with E-state index in [1.165, 1.54) is 29.9 Å². The third-order valence-corrected chi connectivity index (χ3v) is 4.63. The lowest BCUT2D eigenvalue weighted by molar-refractivity contribution is -0.137. The minimum atomic E-state index is -4.29. The first kappa shape index (κ1) is 16.0. The Morgan fingerprint density at radius 3 is 2.33 bits per heavy atom. The van der Waals surface area contributed by atoms with Crippen LogP contribution in [0.15, 0.2) is 24.3 Å². The molecule has 2 aromatic rings. The van der Waals surface area contributed by atoms with Gasteiger partial charge >= 0.3 is 6.18 Å². The predicted octanol–water partition coefficient (Wildman–Crippen LogP) is 5.87. The average Bonchev–Trinajstić information content (AvgIpc) is 2.80. The highest BCUT2D eigenvalue weighted by atomic mass is 32.1. The molecule has 0 unspecified atom stereocenters. The molecule has 0 amide bonds. The number of thiazole rings is 1. The molecule has 0 aliphatic heterocycles. The SMILES string of the molecule is CCCCCc1sc(-c2ccc(C(F)(F)F)cc2)nc1C. The Balaban J connectivity index is 2.17. The lowest BCUT2D eigenvalue weighted by Gasteiger charge is -2.06. The van der Waals surface area contributed by atoms with Crippen LogP contribution in [0.25, 0.3) is 10.6 Å². The molecule has 0 radical (unpaired) electrons. The van der Waals surface area contributed by atoms with E-state index in [1.54, 1.807) is 11.3 Å². The summed E-state index contributed by atoms with van der Waals surface area (Å²) in [6, 6.07) is 5.22. The van der Waals surface area contributed by atoms with Gasteiger partial charge < -0.3 is 0 Å². The van der Waals surface area contributed by atoms with Crippen molar-refractivity contribution in [2.45, 2.75) is 45.7 Å². The monoisotopic (exact) mass is 313 g/mol. The molecule has 0 N–H and O–H groups in total. The van der Waals surface area contributed by atoms with Gasteiger partial charge in [0.2, 0.25) is 0 Å². The van der Waals surface area contributed by atoms with E-state index in [4.69, 9.17) is 0 Å². The van der Waals surface area contributed by atoms with Gasteiger partial charge in [-0.2, -0.15) is 13.2 Å². The Kier molecular flexibility index (Phi) is 5.04. The number of rotatable bonds is 5. The molecule has 114 valence electrons. The van der Waals surface area contributed by atoms with E-state index in [2.05, 4.69) is 11.9 Å². The van der Waals surface area contributed by atoms with Crippen LogP contribution in [0.2, 0.25) is 0 Å². The van der Waals surface area contributed by atoms with E-state index in [9.17, 15) is 13.2 Å². The summed E-state index contributed by atoms with van der Waals surface area (Å²) >= 11 is 1.58. The van der Waals surface area contributed by atoms with Crippen LogP contribution in [0.3, 0.4) is 0 Å². The van der Waals surface area contributed by atoms with E-state index >= 15 is 0 Å².